The summed E-state index contributed by atoms with van der Waals surface area (Å²) in [5.74, 6) is 0.0214. The van der Waals surface area contributed by atoms with Crippen molar-refractivity contribution in [1.29, 1.82) is 0 Å². The maximum atomic E-state index is 10.8. The lowest BCUT2D eigenvalue weighted by molar-refractivity contribution is -0.386. The fourth-order valence-corrected chi connectivity index (χ4v) is 1.89. The van der Waals surface area contributed by atoms with E-state index in [0.29, 0.717) is 6.61 Å². The van der Waals surface area contributed by atoms with E-state index >= 15 is 0 Å². The summed E-state index contributed by atoms with van der Waals surface area (Å²) < 4.78 is 5.36. The van der Waals surface area contributed by atoms with Gasteiger partial charge in [0, 0.05) is 12.1 Å². The third-order valence-corrected chi connectivity index (χ3v) is 2.79. The average Bonchev–Trinajstić information content (AvgIpc) is 2.80. The first-order valence-electron chi connectivity index (χ1n) is 5.33. The molecule has 2 heterocycles. The van der Waals surface area contributed by atoms with Crippen LogP contribution in [0.3, 0.4) is 0 Å². The highest BCUT2D eigenvalue weighted by Gasteiger charge is 2.20. The number of aromatic nitrogens is 1. The van der Waals surface area contributed by atoms with E-state index in [1.807, 2.05) is 0 Å². The molecule has 0 spiro atoms. The molecule has 1 fully saturated rings. The first-order valence-corrected chi connectivity index (χ1v) is 5.71. The Labute approximate surface area is 103 Å². The highest BCUT2D eigenvalue weighted by molar-refractivity contribution is 6.30. The van der Waals surface area contributed by atoms with Gasteiger partial charge in [-0.15, -0.1) is 0 Å². The van der Waals surface area contributed by atoms with Crippen LogP contribution in [0, 0.1) is 10.1 Å². The van der Waals surface area contributed by atoms with E-state index in [1.54, 1.807) is 0 Å². The minimum absolute atomic E-state index is 0.0214. The molecule has 1 unspecified atom stereocenters. The van der Waals surface area contributed by atoms with Gasteiger partial charge in [0.1, 0.15) is 6.61 Å². The Morgan fingerprint density at radius 1 is 1.71 bits per heavy atom. The summed E-state index contributed by atoms with van der Waals surface area (Å²) >= 11 is 5.65. The Hall–Kier alpha value is -1.40. The monoisotopic (exact) mass is 257 g/mol. The summed E-state index contributed by atoms with van der Waals surface area (Å²) in [6.07, 6.45) is 3.46. The minimum atomic E-state index is -0.545. The molecule has 0 amide bonds. The minimum Gasteiger partial charge on any atom is -0.471 e. The van der Waals surface area contributed by atoms with Gasteiger partial charge >= 0.3 is 5.69 Å². The van der Waals surface area contributed by atoms with Crippen LogP contribution in [-0.2, 0) is 0 Å². The van der Waals surface area contributed by atoms with Gasteiger partial charge in [-0.05, 0) is 19.4 Å². The van der Waals surface area contributed by atoms with Crippen molar-refractivity contribution in [2.45, 2.75) is 18.9 Å². The largest absolute Gasteiger partial charge is 0.471 e. The fourth-order valence-electron chi connectivity index (χ4n) is 1.74. The molecule has 1 aromatic rings. The number of ether oxygens (including phenoxy) is 1. The number of nitrogens with one attached hydrogen (secondary N) is 1. The first kappa shape index (κ1) is 12.1. The summed E-state index contributed by atoms with van der Waals surface area (Å²) in [7, 11) is 0. The number of pyridine rings is 1. The first-order chi connectivity index (χ1) is 8.16. The van der Waals surface area contributed by atoms with Crippen LogP contribution in [0.1, 0.15) is 12.8 Å². The normalized spacial score (nSPS) is 19.2. The third kappa shape index (κ3) is 3.04. The van der Waals surface area contributed by atoms with E-state index in [4.69, 9.17) is 16.3 Å². The summed E-state index contributed by atoms with van der Waals surface area (Å²) in [6, 6.07) is 1.48. The van der Waals surface area contributed by atoms with Crippen LogP contribution in [0.2, 0.25) is 5.02 Å². The van der Waals surface area contributed by atoms with Crippen LogP contribution in [0.25, 0.3) is 0 Å². The molecule has 7 heteroatoms. The molecular formula is C10H12ClN3O3. The summed E-state index contributed by atoms with van der Waals surface area (Å²) in [5, 5.41) is 14.2. The number of hydrogen-bond acceptors (Lipinski definition) is 5. The topological polar surface area (TPSA) is 77.3 Å². The Kier molecular flexibility index (Phi) is 3.75. The zero-order valence-electron chi connectivity index (χ0n) is 9.06. The Balaban J connectivity index is 2.06. The van der Waals surface area contributed by atoms with Crippen molar-refractivity contribution in [3.8, 4) is 5.88 Å². The maximum Gasteiger partial charge on any atom is 0.332 e. The van der Waals surface area contributed by atoms with Gasteiger partial charge in [-0.1, -0.05) is 11.6 Å². The van der Waals surface area contributed by atoms with Gasteiger partial charge in [-0.2, -0.15) is 0 Å². The second-order valence-electron chi connectivity index (χ2n) is 3.84. The van der Waals surface area contributed by atoms with Crippen molar-refractivity contribution in [2.75, 3.05) is 13.2 Å². The second-order valence-corrected chi connectivity index (χ2v) is 4.28. The zero-order valence-corrected chi connectivity index (χ0v) is 9.81. The molecule has 17 heavy (non-hydrogen) atoms. The molecule has 0 radical (unpaired) electrons. The van der Waals surface area contributed by atoms with E-state index < -0.39 is 4.92 Å². The molecular weight excluding hydrogens is 246 g/mol. The Morgan fingerprint density at radius 2 is 2.53 bits per heavy atom. The van der Waals surface area contributed by atoms with Gasteiger partial charge in [0.05, 0.1) is 16.1 Å². The molecule has 1 saturated heterocycles. The van der Waals surface area contributed by atoms with E-state index in [0.717, 1.165) is 19.4 Å². The molecule has 92 valence electrons. The standard InChI is InChI=1S/C10H12ClN3O3/c11-7-4-9(14(15)16)10(13-5-7)17-6-8-2-1-3-12-8/h4-5,8,12H,1-3,6H2. The fraction of sp³-hybridized carbons (Fsp3) is 0.500. The van der Waals surface area contributed by atoms with Crippen molar-refractivity contribution in [3.05, 3.63) is 27.4 Å². The number of rotatable bonds is 4. The predicted octanol–water partition coefficient (Wildman–Crippen LogP) is 1.77. The number of nitro groups is 1. The lowest BCUT2D eigenvalue weighted by Crippen LogP contribution is -2.28. The van der Waals surface area contributed by atoms with Gasteiger partial charge in [0.2, 0.25) is 0 Å². The number of halogens is 1. The molecule has 1 atom stereocenters. The third-order valence-electron chi connectivity index (χ3n) is 2.58. The van der Waals surface area contributed by atoms with Gasteiger partial charge in [0.15, 0.2) is 0 Å². The van der Waals surface area contributed by atoms with Crippen molar-refractivity contribution in [3.63, 3.8) is 0 Å². The van der Waals surface area contributed by atoms with Gasteiger partial charge in [-0.3, -0.25) is 10.1 Å². The number of hydrogen-bond donors (Lipinski definition) is 1. The smallest absolute Gasteiger partial charge is 0.332 e. The van der Waals surface area contributed by atoms with Gasteiger partial charge in [0.25, 0.3) is 5.88 Å². The molecule has 2 rings (SSSR count). The van der Waals surface area contributed by atoms with Crippen molar-refractivity contribution in [2.24, 2.45) is 0 Å². The van der Waals surface area contributed by atoms with Crippen molar-refractivity contribution in [1.82, 2.24) is 10.3 Å². The van der Waals surface area contributed by atoms with Crippen LogP contribution < -0.4 is 10.1 Å². The van der Waals surface area contributed by atoms with Gasteiger partial charge < -0.3 is 10.1 Å². The summed E-state index contributed by atoms with van der Waals surface area (Å²) in [5.41, 5.74) is -0.199. The molecule has 1 aliphatic heterocycles. The molecule has 1 aliphatic rings. The Morgan fingerprint density at radius 3 is 3.18 bits per heavy atom. The molecule has 6 nitrogen and oxygen atoms in total. The van der Waals surface area contributed by atoms with E-state index in [9.17, 15) is 10.1 Å². The van der Waals surface area contributed by atoms with Crippen molar-refractivity contribution >= 4 is 17.3 Å². The van der Waals surface area contributed by atoms with E-state index in [1.165, 1.54) is 12.3 Å². The molecule has 0 bridgehead atoms. The SMILES string of the molecule is O=[N+]([O-])c1cc(Cl)cnc1OCC1CCCN1. The average molecular weight is 258 g/mol. The predicted molar refractivity (Wildman–Crippen MR) is 62.4 cm³/mol. The van der Waals surface area contributed by atoms with Crippen LogP contribution in [-0.4, -0.2) is 29.1 Å². The summed E-state index contributed by atoms with van der Waals surface area (Å²) in [6.45, 7) is 1.35. The van der Waals surface area contributed by atoms with Crippen molar-refractivity contribution < 1.29 is 9.66 Å². The molecule has 0 aliphatic carbocycles. The quantitative estimate of drug-likeness (QED) is 0.657. The zero-order chi connectivity index (χ0) is 12.3. The maximum absolute atomic E-state index is 10.8. The van der Waals surface area contributed by atoms with Crippen LogP contribution >= 0.6 is 11.6 Å². The van der Waals surface area contributed by atoms with Gasteiger partial charge in [-0.25, -0.2) is 4.98 Å². The lowest BCUT2D eigenvalue weighted by atomic mass is 10.2. The molecule has 1 aromatic heterocycles. The summed E-state index contributed by atoms with van der Waals surface area (Å²) in [4.78, 5) is 14.1. The number of nitrogens with zero attached hydrogens (tertiary/aromatic N) is 2. The lowest BCUT2D eigenvalue weighted by Gasteiger charge is -2.11. The van der Waals surface area contributed by atoms with Crippen LogP contribution in [0.5, 0.6) is 5.88 Å². The van der Waals surface area contributed by atoms with E-state index in [2.05, 4.69) is 10.3 Å². The van der Waals surface area contributed by atoms with Crippen LogP contribution in [0.15, 0.2) is 12.3 Å². The highest BCUT2D eigenvalue weighted by Crippen LogP contribution is 2.27. The molecule has 1 N–H and O–H groups in total. The second kappa shape index (κ2) is 5.29. The Bertz CT molecular complexity index is 421. The van der Waals surface area contributed by atoms with Crippen LogP contribution in [0.4, 0.5) is 5.69 Å². The highest BCUT2D eigenvalue weighted by atomic mass is 35.5. The molecule has 0 saturated carbocycles. The molecule has 0 aromatic carbocycles. The van der Waals surface area contributed by atoms with E-state index in [-0.39, 0.29) is 22.6 Å².